The van der Waals surface area contributed by atoms with Crippen molar-refractivity contribution in [3.63, 3.8) is 0 Å². The van der Waals surface area contributed by atoms with Gasteiger partial charge in [0, 0.05) is 17.0 Å². The normalized spacial score (nSPS) is 9.56. The van der Waals surface area contributed by atoms with E-state index < -0.39 is 0 Å². The van der Waals surface area contributed by atoms with Crippen molar-refractivity contribution in [1.82, 2.24) is 9.36 Å². The summed E-state index contributed by atoms with van der Waals surface area (Å²) in [6.07, 6.45) is 1.81. The number of para-hydroxylation sites is 1. The first-order chi connectivity index (χ1) is 7.86. The molecular formula is C12H9ClN2S. The van der Waals surface area contributed by atoms with Crippen molar-refractivity contribution in [3.05, 3.63) is 59.2 Å². The molecule has 1 aromatic carbocycles. The lowest BCUT2D eigenvalue weighted by Crippen LogP contribution is -1.73. The van der Waals surface area contributed by atoms with Crippen molar-refractivity contribution >= 4 is 34.0 Å². The van der Waals surface area contributed by atoms with Gasteiger partial charge in [0.1, 0.15) is 5.15 Å². The van der Waals surface area contributed by atoms with Crippen LogP contribution < -0.4 is 0 Å². The van der Waals surface area contributed by atoms with E-state index in [1.165, 1.54) is 16.9 Å². The lowest BCUT2D eigenvalue weighted by molar-refractivity contribution is 1.41. The van der Waals surface area contributed by atoms with Gasteiger partial charge in [-0.1, -0.05) is 35.9 Å². The second-order valence-electron chi connectivity index (χ2n) is 3.02. The summed E-state index contributed by atoms with van der Waals surface area (Å²) in [5.41, 5.74) is 1.06. The highest BCUT2D eigenvalue weighted by Crippen LogP contribution is 2.07. The quantitative estimate of drug-likeness (QED) is 0.600. The maximum absolute atomic E-state index is 5.35. The molecule has 2 nitrogen and oxygen atoms in total. The summed E-state index contributed by atoms with van der Waals surface area (Å²) in [6, 6.07) is 13.8. The van der Waals surface area contributed by atoms with Gasteiger partial charge < -0.3 is 0 Å². The number of hydrogen-bond acceptors (Lipinski definition) is 3. The highest BCUT2D eigenvalue weighted by molar-refractivity contribution is 7.03. The van der Waals surface area contributed by atoms with Gasteiger partial charge in [0.2, 0.25) is 0 Å². The minimum Gasteiger partial charge on any atom is -0.256 e. The third kappa shape index (κ3) is 3.02. The van der Waals surface area contributed by atoms with E-state index >= 15 is 0 Å². The minimum atomic E-state index is 0.583. The van der Waals surface area contributed by atoms with Crippen molar-refractivity contribution in [2.45, 2.75) is 0 Å². The van der Waals surface area contributed by atoms with E-state index in [-0.39, 0.29) is 0 Å². The van der Waals surface area contributed by atoms with Crippen LogP contribution in [-0.4, -0.2) is 9.36 Å². The summed E-state index contributed by atoms with van der Waals surface area (Å²) in [4.78, 5) is 4.18. The number of benzene rings is 1. The molecule has 0 spiro atoms. The predicted molar refractivity (Wildman–Crippen MR) is 68.9 cm³/mol. The van der Waals surface area contributed by atoms with E-state index in [4.69, 9.17) is 11.6 Å². The van der Waals surface area contributed by atoms with Crippen LogP contribution in [0.25, 0.3) is 10.9 Å². The molecule has 16 heavy (non-hydrogen) atoms. The second kappa shape index (κ2) is 5.58. The van der Waals surface area contributed by atoms with Crippen molar-refractivity contribution in [3.8, 4) is 0 Å². The van der Waals surface area contributed by atoms with Crippen LogP contribution in [0.15, 0.2) is 54.0 Å². The van der Waals surface area contributed by atoms with Crippen LogP contribution in [-0.2, 0) is 0 Å². The smallest absolute Gasteiger partial charge is 0.142 e. The Morgan fingerprint density at radius 3 is 2.44 bits per heavy atom. The summed E-state index contributed by atoms with van der Waals surface area (Å²) in [5, 5.41) is 3.62. The molecule has 0 N–H and O–H groups in total. The summed E-state index contributed by atoms with van der Waals surface area (Å²) in [6.45, 7) is 0. The molecule has 0 aliphatic rings. The van der Waals surface area contributed by atoms with Crippen LogP contribution in [0.2, 0.25) is 5.15 Å². The van der Waals surface area contributed by atoms with Crippen LogP contribution in [0, 0.1) is 0 Å². The summed E-state index contributed by atoms with van der Waals surface area (Å²) in [5.74, 6) is 0. The van der Waals surface area contributed by atoms with Gasteiger partial charge >= 0.3 is 0 Å². The number of aromatic nitrogens is 2. The van der Waals surface area contributed by atoms with Gasteiger partial charge in [-0.2, -0.15) is 4.37 Å². The Morgan fingerprint density at radius 1 is 1.00 bits per heavy atom. The third-order valence-corrected chi connectivity index (χ3v) is 2.79. The molecule has 0 bridgehead atoms. The fourth-order valence-corrected chi connectivity index (χ4v) is 1.88. The molecule has 3 rings (SSSR count). The number of hydrogen-bond donors (Lipinski definition) is 0. The van der Waals surface area contributed by atoms with Crippen LogP contribution in [0.1, 0.15) is 0 Å². The molecule has 0 fully saturated rings. The molecule has 0 amide bonds. The molecule has 0 unspecified atom stereocenters. The fourth-order valence-electron chi connectivity index (χ4n) is 1.21. The maximum Gasteiger partial charge on any atom is 0.142 e. The van der Waals surface area contributed by atoms with Crippen molar-refractivity contribution in [1.29, 1.82) is 0 Å². The van der Waals surface area contributed by atoms with E-state index in [1.54, 1.807) is 6.07 Å². The monoisotopic (exact) mass is 248 g/mol. The number of rotatable bonds is 0. The molecule has 0 saturated heterocycles. The number of pyridine rings is 1. The van der Waals surface area contributed by atoms with Crippen LogP contribution in [0.5, 0.6) is 0 Å². The molecule has 2 aromatic heterocycles. The van der Waals surface area contributed by atoms with Gasteiger partial charge in [0.15, 0.2) is 0 Å². The van der Waals surface area contributed by atoms with Gasteiger partial charge in [-0.05, 0) is 29.7 Å². The summed E-state index contributed by atoms with van der Waals surface area (Å²) in [7, 11) is 0. The number of fused-ring (bicyclic) bond motifs is 1. The van der Waals surface area contributed by atoms with E-state index in [0.29, 0.717) is 5.15 Å². The Bertz CT molecular complexity index is 486. The van der Waals surface area contributed by atoms with Crippen LogP contribution in [0.4, 0.5) is 0 Å². The van der Waals surface area contributed by atoms with Gasteiger partial charge in [-0.15, -0.1) is 0 Å². The predicted octanol–water partition coefficient (Wildman–Crippen LogP) is 4.03. The minimum absolute atomic E-state index is 0.583. The van der Waals surface area contributed by atoms with Gasteiger partial charge in [-0.3, -0.25) is 4.98 Å². The molecular weight excluding hydrogens is 240 g/mol. The van der Waals surface area contributed by atoms with E-state index in [1.807, 2.05) is 35.8 Å². The van der Waals surface area contributed by atoms with Gasteiger partial charge in [0.05, 0.1) is 5.52 Å². The Hall–Kier alpha value is -1.45. The molecule has 0 aliphatic heterocycles. The van der Waals surface area contributed by atoms with Crippen molar-refractivity contribution < 1.29 is 0 Å². The molecule has 80 valence electrons. The van der Waals surface area contributed by atoms with Gasteiger partial charge in [-0.25, -0.2) is 0 Å². The molecule has 0 atom stereocenters. The lowest BCUT2D eigenvalue weighted by Gasteiger charge is -1.91. The van der Waals surface area contributed by atoms with Crippen molar-refractivity contribution in [2.24, 2.45) is 0 Å². The lowest BCUT2D eigenvalue weighted by atomic mass is 10.2. The molecule has 0 saturated carbocycles. The zero-order chi connectivity index (χ0) is 11.2. The Morgan fingerprint density at radius 2 is 1.81 bits per heavy atom. The zero-order valence-electron chi connectivity index (χ0n) is 8.38. The Balaban J connectivity index is 0.000000138. The molecule has 0 aliphatic carbocycles. The van der Waals surface area contributed by atoms with E-state index in [9.17, 15) is 0 Å². The molecule has 3 aromatic rings. The third-order valence-electron chi connectivity index (χ3n) is 1.92. The van der Waals surface area contributed by atoms with E-state index in [2.05, 4.69) is 21.5 Å². The first-order valence-electron chi connectivity index (χ1n) is 4.72. The van der Waals surface area contributed by atoms with Crippen molar-refractivity contribution in [2.75, 3.05) is 0 Å². The first kappa shape index (κ1) is 11.0. The summed E-state index contributed by atoms with van der Waals surface area (Å²) < 4.78 is 3.72. The fraction of sp³-hybridized carbons (Fsp3) is 0. The Kier molecular flexibility index (Phi) is 3.86. The number of nitrogens with zero attached hydrogens (tertiary/aromatic N) is 2. The second-order valence-corrected chi connectivity index (χ2v) is 4.07. The zero-order valence-corrected chi connectivity index (χ0v) is 9.95. The van der Waals surface area contributed by atoms with Crippen LogP contribution >= 0.6 is 23.1 Å². The largest absolute Gasteiger partial charge is 0.256 e. The average Bonchev–Trinajstić information content (AvgIpc) is 2.81. The average molecular weight is 249 g/mol. The summed E-state index contributed by atoms with van der Waals surface area (Å²) >= 11 is 6.71. The maximum atomic E-state index is 5.35. The SMILES string of the molecule is Clc1ccsn1.c1ccc2ncccc2c1. The first-order valence-corrected chi connectivity index (χ1v) is 5.93. The van der Waals surface area contributed by atoms with E-state index in [0.717, 1.165) is 5.52 Å². The topological polar surface area (TPSA) is 25.8 Å². The van der Waals surface area contributed by atoms with Gasteiger partial charge in [0.25, 0.3) is 0 Å². The standard InChI is InChI=1S/C9H7N.C3H2ClNS/c1-2-6-9-8(4-1)5-3-7-10-9;4-3-1-2-6-5-3/h1-7H;1-2H. The highest BCUT2D eigenvalue weighted by Gasteiger charge is 1.86. The molecule has 0 radical (unpaired) electrons. The number of halogens is 1. The highest BCUT2D eigenvalue weighted by atomic mass is 35.5. The molecule has 2 heterocycles. The molecule has 4 heteroatoms. The Labute approximate surface area is 103 Å². The van der Waals surface area contributed by atoms with Crippen LogP contribution in [0.3, 0.4) is 0 Å².